The molecule has 1 amide bonds. The summed E-state index contributed by atoms with van der Waals surface area (Å²) < 4.78 is 1.95. The van der Waals surface area contributed by atoms with Gasteiger partial charge >= 0.3 is 5.97 Å². The SMILES string of the molecule is CCn1c(C(=O)Nc2ccccc2C(=O)O)c(C)c2ccccc21. The number of aromatic nitrogens is 1. The molecule has 0 aliphatic heterocycles. The molecule has 24 heavy (non-hydrogen) atoms. The van der Waals surface area contributed by atoms with Gasteiger partial charge in [-0.1, -0.05) is 30.3 Å². The van der Waals surface area contributed by atoms with Crippen molar-refractivity contribution in [2.24, 2.45) is 0 Å². The van der Waals surface area contributed by atoms with E-state index in [0.29, 0.717) is 17.9 Å². The number of hydrogen-bond donors (Lipinski definition) is 2. The summed E-state index contributed by atoms with van der Waals surface area (Å²) in [6.07, 6.45) is 0. The predicted octanol–water partition coefficient (Wildman–Crippen LogP) is 3.92. The minimum atomic E-state index is -1.07. The van der Waals surface area contributed by atoms with Gasteiger partial charge in [-0.25, -0.2) is 4.79 Å². The van der Waals surface area contributed by atoms with Crippen LogP contribution >= 0.6 is 0 Å². The topological polar surface area (TPSA) is 71.3 Å². The Hall–Kier alpha value is -3.08. The van der Waals surface area contributed by atoms with Crippen LogP contribution in [0.15, 0.2) is 48.5 Å². The monoisotopic (exact) mass is 322 g/mol. The van der Waals surface area contributed by atoms with Gasteiger partial charge in [-0.2, -0.15) is 0 Å². The van der Waals surface area contributed by atoms with E-state index in [2.05, 4.69) is 5.32 Å². The molecule has 0 atom stereocenters. The van der Waals surface area contributed by atoms with Gasteiger partial charge in [0.15, 0.2) is 0 Å². The number of anilines is 1. The van der Waals surface area contributed by atoms with Crippen molar-refractivity contribution in [2.75, 3.05) is 5.32 Å². The third-order valence-electron chi connectivity index (χ3n) is 4.16. The number of amides is 1. The molecule has 0 aliphatic rings. The molecule has 0 fully saturated rings. The summed E-state index contributed by atoms with van der Waals surface area (Å²) in [7, 11) is 0. The summed E-state index contributed by atoms with van der Waals surface area (Å²) in [4.78, 5) is 24.1. The molecule has 0 bridgehead atoms. The van der Waals surface area contributed by atoms with Crippen molar-refractivity contribution in [1.82, 2.24) is 4.57 Å². The van der Waals surface area contributed by atoms with Crippen LogP contribution in [-0.2, 0) is 6.54 Å². The van der Waals surface area contributed by atoms with Gasteiger partial charge < -0.3 is 15.0 Å². The number of aryl methyl sites for hydroxylation is 2. The van der Waals surface area contributed by atoms with Crippen molar-refractivity contribution in [3.8, 4) is 0 Å². The summed E-state index contributed by atoms with van der Waals surface area (Å²) in [6, 6.07) is 14.2. The summed E-state index contributed by atoms with van der Waals surface area (Å²) in [6.45, 7) is 4.54. The van der Waals surface area contributed by atoms with Crippen LogP contribution in [-0.4, -0.2) is 21.6 Å². The van der Waals surface area contributed by atoms with Crippen molar-refractivity contribution in [2.45, 2.75) is 20.4 Å². The number of carboxylic acid groups (broad SMARTS) is 1. The molecule has 5 nitrogen and oxygen atoms in total. The molecule has 1 aromatic heterocycles. The zero-order chi connectivity index (χ0) is 17.3. The van der Waals surface area contributed by atoms with Crippen molar-refractivity contribution in [3.05, 3.63) is 65.4 Å². The Labute approximate surface area is 139 Å². The Morgan fingerprint density at radius 2 is 1.75 bits per heavy atom. The lowest BCUT2D eigenvalue weighted by atomic mass is 10.1. The first-order chi connectivity index (χ1) is 11.5. The fourth-order valence-electron chi connectivity index (χ4n) is 3.06. The summed E-state index contributed by atoms with van der Waals surface area (Å²) in [5.74, 6) is -1.38. The summed E-state index contributed by atoms with van der Waals surface area (Å²) in [5.41, 5.74) is 2.80. The minimum Gasteiger partial charge on any atom is -0.478 e. The zero-order valence-electron chi connectivity index (χ0n) is 13.5. The average Bonchev–Trinajstić information content (AvgIpc) is 2.87. The Balaban J connectivity index is 2.07. The van der Waals surface area contributed by atoms with Crippen LogP contribution in [0.1, 0.15) is 33.3 Å². The smallest absolute Gasteiger partial charge is 0.337 e. The molecule has 122 valence electrons. The van der Waals surface area contributed by atoms with E-state index in [9.17, 15) is 14.7 Å². The highest BCUT2D eigenvalue weighted by molar-refractivity contribution is 6.10. The Morgan fingerprint density at radius 3 is 2.46 bits per heavy atom. The van der Waals surface area contributed by atoms with Gasteiger partial charge in [0.1, 0.15) is 5.69 Å². The van der Waals surface area contributed by atoms with Crippen molar-refractivity contribution >= 4 is 28.5 Å². The number of aromatic carboxylic acids is 1. The summed E-state index contributed by atoms with van der Waals surface area (Å²) >= 11 is 0. The first-order valence-electron chi connectivity index (χ1n) is 7.76. The molecule has 5 heteroatoms. The van der Waals surface area contributed by atoms with E-state index in [4.69, 9.17) is 0 Å². The molecule has 0 radical (unpaired) electrons. The fraction of sp³-hybridized carbons (Fsp3) is 0.158. The Morgan fingerprint density at radius 1 is 1.08 bits per heavy atom. The number of hydrogen-bond acceptors (Lipinski definition) is 2. The fourth-order valence-corrected chi connectivity index (χ4v) is 3.06. The molecule has 0 aliphatic carbocycles. The first kappa shape index (κ1) is 15.8. The highest BCUT2D eigenvalue weighted by atomic mass is 16.4. The normalized spacial score (nSPS) is 10.8. The number of rotatable bonds is 4. The lowest BCUT2D eigenvalue weighted by Gasteiger charge is -2.11. The molecule has 0 unspecified atom stereocenters. The van der Waals surface area contributed by atoms with Gasteiger partial charge in [0.25, 0.3) is 5.91 Å². The standard InChI is InChI=1S/C19H18N2O3/c1-3-21-16-11-7-5-8-13(16)12(2)17(21)18(22)20-15-10-6-4-9-14(15)19(23)24/h4-11H,3H2,1-2H3,(H,20,22)(H,23,24). The molecular formula is C19H18N2O3. The third-order valence-corrected chi connectivity index (χ3v) is 4.16. The number of carbonyl (C=O) groups is 2. The van der Waals surface area contributed by atoms with E-state index in [1.165, 1.54) is 6.07 Å². The van der Waals surface area contributed by atoms with Crippen LogP contribution in [0.25, 0.3) is 10.9 Å². The number of fused-ring (bicyclic) bond motifs is 1. The molecule has 2 aromatic carbocycles. The van der Waals surface area contributed by atoms with Gasteiger partial charge in [-0.05, 0) is 37.6 Å². The van der Waals surface area contributed by atoms with E-state index < -0.39 is 5.97 Å². The third kappa shape index (κ3) is 2.54. The van der Waals surface area contributed by atoms with Crippen LogP contribution in [0.5, 0.6) is 0 Å². The lowest BCUT2D eigenvalue weighted by Crippen LogP contribution is -2.19. The van der Waals surface area contributed by atoms with Crippen molar-refractivity contribution < 1.29 is 14.7 Å². The maximum Gasteiger partial charge on any atom is 0.337 e. The number of carboxylic acids is 1. The second-order valence-electron chi connectivity index (χ2n) is 5.54. The maximum atomic E-state index is 12.8. The van der Waals surface area contributed by atoms with E-state index in [1.54, 1.807) is 18.2 Å². The quantitative estimate of drug-likeness (QED) is 0.765. The largest absolute Gasteiger partial charge is 0.478 e. The predicted molar refractivity (Wildman–Crippen MR) is 93.7 cm³/mol. The molecule has 0 saturated heterocycles. The van der Waals surface area contributed by atoms with Crippen LogP contribution in [0.3, 0.4) is 0 Å². The van der Waals surface area contributed by atoms with Crippen LogP contribution in [0.2, 0.25) is 0 Å². The number of nitrogens with one attached hydrogen (secondary N) is 1. The highest BCUT2D eigenvalue weighted by Gasteiger charge is 2.20. The Bertz CT molecular complexity index is 941. The average molecular weight is 322 g/mol. The number of nitrogens with zero attached hydrogens (tertiary/aromatic N) is 1. The van der Waals surface area contributed by atoms with Crippen LogP contribution < -0.4 is 5.32 Å². The van der Waals surface area contributed by atoms with Crippen LogP contribution in [0, 0.1) is 6.92 Å². The van der Waals surface area contributed by atoms with Crippen LogP contribution in [0.4, 0.5) is 5.69 Å². The molecule has 3 rings (SSSR count). The molecular weight excluding hydrogens is 304 g/mol. The van der Waals surface area contributed by atoms with Gasteiger partial charge in [0, 0.05) is 17.4 Å². The van der Waals surface area contributed by atoms with Gasteiger partial charge in [0.2, 0.25) is 0 Å². The first-order valence-corrected chi connectivity index (χ1v) is 7.76. The van der Waals surface area contributed by atoms with Crippen molar-refractivity contribution in [1.29, 1.82) is 0 Å². The van der Waals surface area contributed by atoms with E-state index in [1.807, 2.05) is 42.7 Å². The van der Waals surface area contributed by atoms with E-state index in [-0.39, 0.29) is 11.5 Å². The zero-order valence-corrected chi connectivity index (χ0v) is 13.5. The number of benzene rings is 2. The number of para-hydroxylation sites is 2. The maximum absolute atomic E-state index is 12.8. The molecule has 1 heterocycles. The van der Waals surface area contributed by atoms with E-state index >= 15 is 0 Å². The molecule has 0 spiro atoms. The second kappa shape index (κ2) is 6.20. The Kier molecular flexibility index (Phi) is 4.08. The number of carbonyl (C=O) groups excluding carboxylic acids is 1. The molecule has 3 aromatic rings. The van der Waals surface area contributed by atoms with E-state index in [0.717, 1.165) is 16.5 Å². The van der Waals surface area contributed by atoms with Gasteiger partial charge in [0.05, 0.1) is 11.3 Å². The highest BCUT2D eigenvalue weighted by Crippen LogP contribution is 2.26. The minimum absolute atomic E-state index is 0.0719. The summed E-state index contributed by atoms with van der Waals surface area (Å²) in [5, 5.41) is 13.0. The second-order valence-corrected chi connectivity index (χ2v) is 5.54. The van der Waals surface area contributed by atoms with Gasteiger partial charge in [-0.3, -0.25) is 4.79 Å². The molecule has 2 N–H and O–H groups in total. The lowest BCUT2D eigenvalue weighted by molar-refractivity contribution is 0.0698. The van der Waals surface area contributed by atoms with Crippen molar-refractivity contribution in [3.63, 3.8) is 0 Å². The molecule has 0 saturated carbocycles. The van der Waals surface area contributed by atoms with Gasteiger partial charge in [-0.15, -0.1) is 0 Å².